The van der Waals surface area contributed by atoms with Gasteiger partial charge in [0.1, 0.15) is 0 Å². The summed E-state index contributed by atoms with van der Waals surface area (Å²) in [6, 6.07) is 10.6. The molecule has 152 valence electrons. The van der Waals surface area contributed by atoms with E-state index in [0.29, 0.717) is 12.2 Å². The minimum Gasteiger partial charge on any atom is -0.447 e. The summed E-state index contributed by atoms with van der Waals surface area (Å²) in [6.07, 6.45) is 1.74. The Morgan fingerprint density at radius 3 is 2.76 bits per heavy atom. The van der Waals surface area contributed by atoms with Gasteiger partial charge in [-0.05, 0) is 24.3 Å². The van der Waals surface area contributed by atoms with Gasteiger partial charge in [-0.1, -0.05) is 12.1 Å². The predicted molar refractivity (Wildman–Crippen MR) is 107 cm³/mol. The maximum Gasteiger partial charge on any atom is 0.308 e. The van der Waals surface area contributed by atoms with Gasteiger partial charge < -0.3 is 20.1 Å². The molecule has 1 aromatic heterocycles. The van der Waals surface area contributed by atoms with Gasteiger partial charge in [-0.3, -0.25) is 19.4 Å². The molecule has 0 saturated carbocycles. The van der Waals surface area contributed by atoms with Crippen LogP contribution in [0.2, 0.25) is 0 Å². The second-order valence-corrected chi connectivity index (χ2v) is 7.47. The molecule has 2 aromatic rings. The largest absolute Gasteiger partial charge is 0.447 e. The first kappa shape index (κ1) is 20.8. The summed E-state index contributed by atoms with van der Waals surface area (Å²) >= 11 is 1.30. The van der Waals surface area contributed by atoms with E-state index in [0.717, 1.165) is 10.6 Å². The number of carbonyl (C=O) groups excluding carboxylic acids is 3. The Kier molecular flexibility index (Phi) is 7.20. The third kappa shape index (κ3) is 5.55. The number of carbonyl (C=O) groups is 3. The number of aromatic nitrogens is 1. The van der Waals surface area contributed by atoms with E-state index in [1.807, 2.05) is 18.2 Å². The summed E-state index contributed by atoms with van der Waals surface area (Å²) in [6.45, 7) is 0.618. The van der Waals surface area contributed by atoms with Crippen molar-refractivity contribution in [3.8, 4) is 0 Å². The molecule has 0 unspecified atom stereocenters. The molecule has 0 aliphatic carbocycles. The van der Waals surface area contributed by atoms with Crippen LogP contribution >= 0.6 is 11.8 Å². The molecule has 0 radical (unpaired) electrons. The number of amides is 2. The Labute approximate surface area is 172 Å². The smallest absolute Gasteiger partial charge is 0.308 e. The highest BCUT2D eigenvalue weighted by Crippen LogP contribution is 2.37. The Morgan fingerprint density at radius 2 is 2.00 bits per heavy atom. The molecule has 0 bridgehead atoms. The third-order valence-electron chi connectivity index (χ3n) is 4.16. The van der Waals surface area contributed by atoms with Crippen molar-refractivity contribution >= 4 is 35.2 Å². The topological polar surface area (TPSA) is 107 Å². The van der Waals surface area contributed by atoms with Crippen LogP contribution in [-0.4, -0.2) is 48.3 Å². The van der Waals surface area contributed by atoms with E-state index >= 15 is 0 Å². The quantitative estimate of drug-likeness (QED) is 0.501. The van der Waals surface area contributed by atoms with Gasteiger partial charge >= 0.3 is 5.97 Å². The van der Waals surface area contributed by atoms with E-state index in [1.54, 1.807) is 18.2 Å². The summed E-state index contributed by atoms with van der Waals surface area (Å²) in [4.78, 5) is 42.2. The Bertz CT molecular complexity index is 877. The predicted octanol–water partition coefficient (Wildman–Crippen LogP) is 1.93. The second-order valence-electron chi connectivity index (χ2n) is 6.23. The molecule has 8 nitrogen and oxygen atoms in total. The maximum atomic E-state index is 12.6. The van der Waals surface area contributed by atoms with Crippen LogP contribution < -0.4 is 10.6 Å². The Morgan fingerprint density at radius 1 is 1.24 bits per heavy atom. The van der Waals surface area contributed by atoms with E-state index in [1.165, 1.54) is 31.3 Å². The molecule has 2 amide bonds. The van der Waals surface area contributed by atoms with E-state index in [-0.39, 0.29) is 18.9 Å². The molecule has 1 aliphatic rings. The van der Waals surface area contributed by atoms with Crippen molar-refractivity contribution in [3.63, 3.8) is 0 Å². The van der Waals surface area contributed by atoms with Crippen LogP contribution in [0, 0.1) is 0 Å². The number of ether oxygens (including phenoxy) is 2. The maximum absolute atomic E-state index is 12.6. The lowest BCUT2D eigenvalue weighted by Gasteiger charge is -2.24. The van der Waals surface area contributed by atoms with Crippen LogP contribution in [0.15, 0.2) is 53.7 Å². The average molecular weight is 415 g/mol. The highest BCUT2D eigenvalue weighted by Gasteiger charge is 2.32. The van der Waals surface area contributed by atoms with Crippen LogP contribution in [-0.2, 0) is 23.9 Å². The van der Waals surface area contributed by atoms with Crippen LogP contribution in [0.3, 0.4) is 0 Å². The summed E-state index contributed by atoms with van der Waals surface area (Å²) < 4.78 is 10.4. The van der Waals surface area contributed by atoms with E-state index < -0.39 is 23.2 Å². The molecule has 1 aliphatic heterocycles. The van der Waals surface area contributed by atoms with Crippen molar-refractivity contribution in [1.29, 1.82) is 0 Å². The minimum atomic E-state index is -1.13. The van der Waals surface area contributed by atoms with E-state index in [9.17, 15) is 14.4 Å². The van der Waals surface area contributed by atoms with Crippen molar-refractivity contribution in [2.75, 3.05) is 25.6 Å². The highest BCUT2D eigenvalue weighted by molar-refractivity contribution is 8.01. The zero-order chi connectivity index (χ0) is 20.6. The first-order chi connectivity index (χ1) is 14.1. The van der Waals surface area contributed by atoms with Crippen molar-refractivity contribution in [2.24, 2.45) is 0 Å². The first-order valence-electron chi connectivity index (χ1n) is 9.01. The molecular formula is C20H21N3O5S. The fourth-order valence-corrected chi connectivity index (χ4v) is 3.83. The molecule has 2 heterocycles. The summed E-state index contributed by atoms with van der Waals surface area (Å²) in [5.74, 6) is -1.37. The van der Waals surface area contributed by atoms with Crippen LogP contribution in [0.25, 0.3) is 0 Å². The van der Waals surface area contributed by atoms with Crippen molar-refractivity contribution in [1.82, 2.24) is 10.3 Å². The van der Waals surface area contributed by atoms with Crippen molar-refractivity contribution in [3.05, 3.63) is 54.4 Å². The third-order valence-corrected chi connectivity index (χ3v) is 5.44. The number of hydrogen-bond acceptors (Lipinski definition) is 7. The number of methoxy groups -OCH3 is 1. The van der Waals surface area contributed by atoms with Gasteiger partial charge in [0.2, 0.25) is 12.0 Å². The normalized spacial score (nSPS) is 16.3. The van der Waals surface area contributed by atoms with Crippen molar-refractivity contribution in [2.45, 2.75) is 22.7 Å². The number of thioether (sulfide) groups is 1. The average Bonchev–Trinajstić information content (AvgIpc) is 2.73. The Hall–Kier alpha value is -2.91. The number of hydrogen-bond donors (Lipinski definition) is 2. The molecule has 3 rings (SSSR count). The lowest BCUT2D eigenvalue weighted by Crippen LogP contribution is -2.36. The SMILES string of the molecule is COCCNC(=O)[C@@H](OC(=O)C[C@@H]1Sc2ccccc2NC1=O)c1ccncc1. The van der Waals surface area contributed by atoms with Gasteiger partial charge in [0, 0.05) is 36.5 Å². The summed E-state index contributed by atoms with van der Waals surface area (Å²) in [7, 11) is 1.53. The lowest BCUT2D eigenvalue weighted by atomic mass is 10.1. The standard InChI is InChI=1S/C20H21N3O5S/c1-27-11-10-22-20(26)18(13-6-8-21-9-7-13)28-17(24)12-16-19(25)23-14-4-2-3-5-15(14)29-16/h2-9,16,18H,10-12H2,1H3,(H,22,26)(H,23,25)/t16-,18-/m0/s1. The number of rotatable bonds is 8. The number of pyridine rings is 1. The monoisotopic (exact) mass is 415 g/mol. The van der Waals surface area contributed by atoms with Crippen LogP contribution in [0.1, 0.15) is 18.1 Å². The van der Waals surface area contributed by atoms with Crippen LogP contribution in [0.4, 0.5) is 5.69 Å². The molecule has 2 N–H and O–H groups in total. The Balaban J connectivity index is 1.67. The zero-order valence-corrected chi connectivity index (χ0v) is 16.6. The fraction of sp³-hybridized carbons (Fsp3) is 0.300. The molecule has 29 heavy (non-hydrogen) atoms. The highest BCUT2D eigenvalue weighted by atomic mass is 32.2. The van der Waals surface area contributed by atoms with Gasteiger partial charge in [0.05, 0.1) is 24.0 Å². The van der Waals surface area contributed by atoms with Gasteiger partial charge in [0.25, 0.3) is 5.91 Å². The number of para-hydroxylation sites is 1. The lowest BCUT2D eigenvalue weighted by molar-refractivity contribution is -0.156. The van der Waals surface area contributed by atoms with Gasteiger partial charge in [-0.15, -0.1) is 11.8 Å². The van der Waals surface area contributed by atoms with Crippen LogP contribution in [0.5, 0.6) is 0 Å². The molecular weight excluding hydrogens is 394 g/mol. The van der Waals surface area contributed by atoms with Gasteiger partial charge in [-0.2, -0.15) is 0 Å². The number of anilines is 1. The fourth-order valence-electron chi connectivity index (χ4n) is 2.74. The second kappa shape index (κ2) is 10.0. The minimum absolute atomic E-state index is 0.155. The molecule has 1 aromatic carbocycles. The number of nitrogens with zero attached hydrogens (tertiary/aromatic N) is 1. The molecule has 0 spiro atoms. The number of nitrogens with one attached hydrogen (secondary N) is 2. The molecule has 0 fully saturated rings. The van der Waals surface area contributed by atoms with E-state index in [2.05, 4.69) is 15.6 Å². The van der Waals surface area contributed by atoms with E-state index in [4.69, 9.17) is 9.47 Å². The number of esters is 1. The first-order valence-corrected chi connectivity index (χ1v) is 9.89. The van der Waals surface area contributed by atoms with Gasteiger partial charge in [-0.25, -0.2) is 0 Å². The summed E-state index contributed by atoms with van der Waals surface area (Å²) in [5, 5.41) is 4.82. The number of fused-ring (bicyclic) bond motifs is 1. The number of benzene rings is 1. The molecule has 2 atom stereocenters. The molecule has 0 saturated heterocycles. The van der Waals surface area contributed by atoms with Gasteiger partial charge in [0.15, 0.2) is 0 Å². The summed E-state index contributed by atoms with van der Waals surface area (Å²) in [5.41, 5.74) is 1.22. The molecule has 9 heteroatoms. The zero-order valence-electron chi connectivity index (χ0n) is 15.8. The van der Waals surface area contributed by atoms with Crippen molar-refractivity contribution < 1.29 is 23.9 Å².